The Morgan fingerprint density at radius 2 is 1.84 bits per heavy atom. The van der Waals surface area contributed by atoms with Crippen molar-refractivity contribution in [1.82, 2.24) is 5.32 Å². The standard InChI is InChI=1S/C19H21Cl2NO3/c1-4-25-17-9-8-13(10-18(17)24-3)12(2)22-19(23)11-14-15(20)6-5-7-16(14)21/h5-10,12H,4,11H2,1-3H3,(H,22,23). The van der Waals surface area contributed by atoms with Crippen LogP contribution in [0.2, 0.25) is 10.0 Å². The maximum atomic E-state index is 12.3. The summed E-state index contributed by atoms with van der Waals surface area (Å²) >= 11 is 12.2. The van der Waals surface area contributed by atoms with Crippen molar-refractivity contribution in [1.29, 1.82) is 0 Å². The molecular weight excluding hydrogens is 361 g/mol. The maximum absolute atomic E-state index is 12.3. The van der Waals surface area contributed by atoms with Crippen molar-refractivity contribution in [3.05, 3.63) is 57.6 Å². The lowest BCUT2D eigenvalue weighted by Gasteiger charge is -2.17. The van der Waals surface area contributed by atoms with E-state index in [0.717, 1.165) is 5.56 Å². The van der Waals surface area contributed by atoms with Gasteiger partial charge in [-0.1, -0.05) is 35.3 Å². The average Bonchev–Trinajstić information content (AvgIpc) is 2.58. The Balaban J connectivity index is 2.08. The summed E-state index contributed by atoms with van der Waals surface area (Å²) in [6.07, 6.45) is 0.122. The minimum atomic E-state index is -0.196. The fourth-order valence-electron chi connectivity index (χ4n) is 2.47. The minimum absolute atomic E-state index is 0.122. The second-order valence-electron chi connectivity index (χ2n) is 5.51. The molecule has 25 heavy (non-hydrogen) atoms. The molecule has 134 valence electrons. The van der Waals surface area contributed by atoms with E-state index in [-0.39, 0.29) is 18.4 Å². The van der Waals surface area contributed by atoms with Gasteiger partial charge in [0, 0.05) is 10.0 Å². The van der Waals surface area contributed by atoms with Crippen molar-refractivity contribution in [3.63, 3.8) is 0 Å². The number of rotatable bonds is 7. The lowest BCUT2D eigenvalue weighted by Crippen LogP contribution is -2.28. The Kier molecular flexibility index (Phi) is 6.97. The zero-order chi connectivity index (χ0) is 18.4. The molecule has 2 aromatic carbocycles. The van der Waals surface area contributed by atoms with Gasteiger partial charge in [0.05, 0.1) is 26.2 Å². The lowest BCUT2D eigenvalue weighted by molar-refractivity contribution is -0.121. The highest BCUT2D eigenvalue weighted by Gasteiger charge is 2.15. The number of halogens is 2. The molecule has 0 spiro atoms. The second-order valence-corrected chi connectivity index (χ2v) is 6.32. The van der Waals surface area contributed by atoms with Crippen molar-refractivity contribution < 1.29 is 14.3 Å². The summed E-state index contributed by atoms with van der Waals surface area (Å²) in [5.74, 6) is 1.15. The Morgan fingerprint density at radius 3 is 2.44 bits per heavy atom. The molecule has 1 atom stereocenters. The molecule has 6 heteroatoms. The molecule has 0 radical (unpaired) electrons. The van der Waals surface area contributed by atoms with Gasteiger partial charge in [0.2, 0.25) is 5.91 Å². The van der Waals surface area contributed by atoms with Crippen LogP contribution in [0.5, 0.6) is 11.5 Å². The number of benzene rings is 2. The van der Waals surface area contributed by atoms with Crippen molar-refractivity contribution in [2.75, 3.05) is 13.7 Å². The van der Waals surface area contributed by atoms with Gasteiger partial charge in [0.1, 0.15) is 0 Å². The van der Waals surface area contributed by atoms with Crippen LogP contribution in [0.15, 0.2) is 36.4 Å². The summed E-state index contributed by atoms with van der Waals surface area (Å²) in [5.41, 5.74) is 1.54. The summed E-state index contributed by atoms with van der Waals surface area (Å²) in [6, 6.07) is 10.6. The molecule has 0 bridgehead atoms. The largest absolute Gasteiger partial charge is 0.493 e. The van der Waals surface area contributed by atoms with E-state index in [1.165, 1.54) is 0 Å². The lowest BCUT2D eigenvalue weighted by atomic mass is 10.1. The SMILES string of the molecule is CCOc1ccc(C(C)NC(=O)Cc2c(Cl)cccc2Cl)cc1OC. The number of hydrogen-bond acceptors (Lipinski definition) is 3. The van der Waals surface area contributed by atoms with Gasteiger partial charge in [-0.25, -0.2) is 0 Å². The predicted molar refractivity (Wildman–Crippen MR) is 101 cm³/mol. The van der Waals surface area contributed by atoms with E-state index in [2.05, 4.69) is 5.32 Å². The van der Waals surface area contributed by atoms with E-state index < -0.39 is 0 Å². The van der Waals surface area contributed by atoms with E-state index in [0.29, 0.717) is 33.7 Å². The predicted octanol–water partition coefficient (Wildman–Crippen LogP) is 4.82. The van der Waals surface area contributed by atoms with Crippen LogP contribution in [0, 0.1) is 0 Å². The monoisotopic (exact) mass is 381 g/mol. The van der Waals surface area contributed by atoms with Crippen LogP contribution in [-0.2, 0) is 11.2 Å². The maximum Gasteiger partial charge on any atom is 0.225 e. The molecule has 0 aromatic heterocycles. The van der Waals surface area contributed by atoms with Crippen molar-refractivity contribution in [2.45, 2.75) is 26.3 Å². The first-order valence-electron chi connectivity index (χ1n) is 7.99. The molecule has 1 amide bonds. The Hall–Kier alpha value is -1.91. The number of hydrogen-bond donors (Lipinski definition) is 1. The normalized spacial score (nSPS) is 11.7. The molecule has 1 N–H and O–H groups in total. The van der Waals surface area contributed by atoms with Crippen LogP contribution >= 0.6 is 23.2 Å². The van der Waals surface area contributed by atoms with E-state index in [1.54, 1.807) is 25.3 Å². The fraction of sp³-hybridized carbons (Fsp3) is 0.316. The Morgan fingerprint density at radius 1 is 1.16 bits per heavy atom. The third-order valence-corrected chi connectivity index (χ3v) is 4.47. The molecule has 0 aliphatic carbocycles. The topological polar surface area (TPSA) is 47.6 Å². The fourth-order valence-corrected chi connectivity index (χ4v) is 3.00. The van der Waals surface area contributed by atoms with Gasteiger partial charge in [0.15, 0.2) is 11.5 Å². The number of amides is 1. The summed E-state index contributed by atoms with van der Waals surface area (Å²) in [7, 11) is 1.59. The van der Waals surface area contributed by atoms with Gasteiger partial charge in [0.25, 0.3) is 0 Å². The quantitative estimate of drug-likeness (QED) is 0.747. The highest BCUT2D eigenvalue weighted by atomic mass is 35.5. The zero-order valence-corrected chi connectivity index (χ0v) is 15.9. The first kappa shape index (κ1) is 19.4. The molecule has 0 fully saturated rings. The number of carbonyl (C=O) groups is 1. The van der Waals surface area contributed by atoms with E-state index in [9.17, 15) is 4.79 Å². The zero-order valence-electron chi connectivity index (χ0n) is 14.4. The molecule has 0 saturated heterocycles. The number of nitrogens with one attached hydrogen (secondary N) is 1. The van der Waals surface area contributed by atoms with Gasteiger partial charge >= 0.3 is 0 Å². The molecule has 0 aliphatic rings. The van der Waals surface area contributed by atoms with Gasteiger partial charge in [-0.05, 0) is 49.2 Å². The van der Waals surface area contributed by atoms with E-state index in [1.807, 2.05) is 32.0 Å². The van der Waals surface area contributed by atoms with Crippen LogP contribution in [-0.4, -0.2) is 19.6 Å². The molecule has 0 aliphatic heterocycles. The van der Waals surface area contributed by atoms with Crippen molar-refractivity contribution in [2.24, 2.45) is 0 Å². The van der Waals surface area contributed by atoms with E-state index in [4.69, 9.17) is 32.7 Å². The molecular formula is C19H21Cl2NO3. The molecule has 2 aromatic rings. The van der Waals surface area contributed by atoms with Gasteiger partial charge in [-0.15, -0.1) is 0 Å². The van der Waals surface area contributed by atoms with E-state index >= 15 is 0 Å². The van der Waals surface area contributed by atoms with Crippen LogP contribution in [0.25, 0.3) is 0 Å². The first-order chi connectivity index (χ1) is 12.0. The average molecular weight is 382 g/mol. The smallest absolute Gasteiger partial charge is 0.225 e. The van der Waals surface area contributed by atoms with Crippen LogP contribution in [0.1, 0.15) is 31.0 Å². The third-order valence-electron chi connectivity index (χ3n) is 3.76. The summed E-state index contributed by atoms with van der Waals surface area (Å²) in [4.78, 5) is 12.3. The van der Waals surface area contributed by atoms with Crippen LogP contribution in [0.4, 0.5) is 0 Å². The number of methoxy groups -OCH3 is 1. The number of ether oxygens (including phenoxy) is 2. The van der Waals surface area contributed by atoms with Crippen LogP contribution in [0.3, 0.4) is 0 Å². The summed E-state index contributed by atoms with van der Waals surface area (Å²) < 4.78 is 10.9. The highest BCUT2D eigenvalue weighted by Crippen LogP contribution is 2.30. The van der Waals surface area contributed by atoms with Crippen molar-refractivity contribution in [3.8, 4) is 11.5 Å². The van der Waals surface area contributed by atoms with Gasteiger partial charge < -0.3 is 14.8 Å². The van der Waals surface area contributed by atoms with Crippen LogP contribution < -0.4 is 14.8 Å². The van der Waals surface area contributed by atoms with Gasteiger partial charge in [-0.2, -0.15) is 0 Å². The molecule has 1 unspecified atom stereocenters. The first-order valence-corrected chi connectivity index (χ1v) is 8.74. The Bertz CT molecular complexity index is 729. The second kappa shape index (κ2) is 8.97. The molecule has 0 saturated carbocycles. The molecule has 4 nitrogen and oxygen atoms in total. The third kappa shape index (κ3) is 5.03. The molecule has 2 rings (SSSR count). The Labute approximate surface area is 158 Å². The molecule has 0 heterocycles. The van der Waals surface area contributed by atoms with Gasteiger partial charge in [-0.3, -0.25) is 4.79 Å². The van der Waals surface area contributed by atoms with Crippen molar-refractivity contribution >= 4 is 29.1 Å². The summed E-state index contributed by atoms with van der Waals surface area (Å²) in [5, 5.41) is 3.92. The number of carbonyl (C=O) groups excluding carboxylic acids is 1. The highest BCUT2D eigenvalue weighted by molar-refractivity contribution is 6.36. The summed E-state index contributed by atoms with van der Waals surface area (Å²) in [6.45, 7) is 4.37. The minimum Gasteiger partial charge on any atom is -0.493 e.